The molecule has 0 radical (unpaired) electrons. The van der Waals surface area contributed by atoms with E-state index >= 15 is 0 Å². The first-order valence-electron chi connectivity index (χ1n) is 9.40. The molecule has 0 saturated heterocycles. The maximum absolute atomic E-state index is 12.3. The number of hydrogen-bond donors (Lipinski definition) is 3. The van der Waals surface area contributed by atoms with Crippen LogP contribution in [0.4, 0.5) is 0 Å². The number of nitrogens with one attached hydrogen (secondary N) is 1. The number of carboxylic acid groups (broad SMARTS) is 1. The van der Waals surface area contributed by atoms with Crippen molar-refractivity contribution in [1.29, 1.82) is 0 Å². The molecule has 0 aliphatic heterocycles. The first kappa shape index (κ1) is 28.3. The number of nitrogens with two attached hydrogens (primary N) is 1. The van der Waals surface area contributed by atoms with Gasteiger partial charge in [0.1, 0.15) is 5.54 Å². The zero-order valence-corrected chi connectivity index (χ0v) is 18.8. The van der Waals surface area contributed by atoms with Gasteiger partial charge in [-0.15, -0.1) is 0 Å². The van der Waals surface area contributed by atoms with E-state index < -0.39 is 23.5 Å². The summed E-state index contributed by atoms with van der Waals surface area (Å²) < 4.78 is 4.87. The average molecular weight is 402 g/mol. The number of ether oxygens (including phenoxy) is 1. The van der Waals surface area contributed by atoms with Gasteiger partial charge < -0.3 is 25.8 Å². The van der Waals surface area contributed by atoms with Gasteiger partial charge in [0.05, 0.1) is 19.2 Å². The van der Waals surface area contributed by atoms with Crippen molar-refractivity contribution in [1.82, 2.24) is 10.2 Å². The summed E-state index contributed by atoms with van der Waals surface area (Å²) in [7, 11) is 3.00. The number of carboxylic acids is 1. The largest absolute Gasteiger partial charge is 0.478 e. The Kier molecular flexibility index (Phi) is 13.4. The van der Waals surface area contributed by atoms with Gasteiger partial charge in [0.15, 0.2) is 0 Å². The fraction of sp³-hybridized carbons (Fsp3) is 0.750. The van der Waals surface area contributed by atoms with Crippen molar-refractivity contribution in [3.8, 4) is 0 Å². The number of amides is 2. The van der Waals surface area contributed by atoms with Crippen LogP contribution < -0.4 is 11.1 Å². The van der Waals surface area contributed by atoms with Gasteiger partial charge in [0.2, 0.25) is 11.8 Å². The molecule has 8 heteroatoms. The van der Waals surface area contributed by atoms with E-state index in [1.165, 1.54) is 31.9 Å². The maximum Gasteiger partial charge on any atom is 0.331 e. The molecular formula is C20H39N3O5. The van der Waals surface area contributed by atoms with Gasteiger partial charge in [-0.2, -0.15) is 0 Å². The van der Waals surface area contributed by atoms with E-state index in [-0.39, 0.29) is 30.5 Å². The lowest BCUT2D eigenvalue weighted by Crippen LogP contribution is -2.56. The Bertz CT molecular complexity index is 539. The van der Waals surface area contributed by atoms with Crippen LogP contribution in [0.5, 0.6) is 0 Å². The molecule has 1 unspecified atom stereocenters. The standard InChI is InChI=1S/C16H29N3O5.C4H10/c1-10(2)12(7-11(3)14(21)22)19(5)13(20)8-18-15(23)16(4,17)9-24-6;1-4(2)3/h7,10,12H,8-9,17H2,1-6H3,(H,18,23)(H,21,22);4H,1-3H3/b11-7+;/t12-,16?;/m1./s1. The van der Waals surface area contributed by atoms with Gasteiger partial charge >= 0.3 is 5.97 Å². The minimum absolute atomic E-state index is 0.0113. The molecular weight excluding hydrogens is 362 g/mol. The average Bonchev–Trinajstić information content (AvgIpc) is 2.55. The number of methoxy groups -OCH3 is 1. The van der Waals surface area contributed by atoms with Crippen LogP contribution in [-0.2, 0) is 19.1 Å². The smallest absolute Gasteiger partial charge is 0.331 e. The Morgan fingerprint density at radius 2 is 1.68 bits per heavy atom. The van der Waals surface area contributed by atoms with Gasteiger partial charge in [0, 0.05) is 19.7 Å². The quantitative estimate of drug-likeness (QED) is 0.505. The van der Waals surface area contributed by atoms with E-state index in [9.17, 15) is 14.4 Å². The summed E-state index contributed by atoms with van der Waals surface area (Å²) in [6.07, 6.45) is 1.53. The second-order valence-electron chi connectivity index (χ2n) is 8.16. The first-order chi connectivity index (χ1) is 12.7. The predicted octanol–water partition coefficient (Wildman–Crippen LogP) is 1.64. The predicted molar refractivity (Wildman–Crippen MR) is 111 cm³/mol. The highest BCUT2D eigenvalue weighted by Crippen LogP contribution is 2.13. The summed E-state index contributed by atoms with van der Waals surface area (Å²) in [5, 5.41) is 11.5. The highest BCUT2D eigenvalue weighted by molar-refractivity contribution is 5.90. The molecule has 0 fully saturated rings. The Morgan fingerprint density at radius 3 is 2.04 bits per heavy atom. The zero-order chi connectivity index (χ0) is 22.7. The van der Waals surface area contributed by atoms with E-state index in [0.717, 1.165) is 5.92 Å². The Balaban J connectivity index is 0. The fourth-order valence-corrected chi connectivity index (χ4v) is 2.09. The third-order valence-corrected chi connectivity index (χ3v) is 3.64. The minimum Gasteiger partial charge on any atom is -0.478 e. The number of carbonyl (C=O) groups excluding carboxylic acids is 2. The monoisotopic (exact) mass is 401 g/mol. The number of likely N-dealkylation sites (N-methyl/N-ethyl adjacent to an activating group) is 1. The first-order valence-corrected chi connectivity index (χ1v) is 9.40. The van der Waals surface area contributed by atoms with Crippen LogP contribution in [0, 0.1) is 11.8 Å². The van der Waals surface area contributed by atoms with Crippen molar-refractivity contribution in [2.24, 2.45) is 17.6 Å². The van der Waals surface area contributed by atoms with Crippen molar-refractivity contribution in [2.75, 3.05) is 27.3 Å². The van der Waals surface area contributed by atoms with Crippen LogP contribution in [-0.4, -0.2) is 66.7 Å². The van der Waals surface area contributed by atoms with Crippen LogP contribution in [0.2, 0.25) is 0 Å². The van der Waals surface area contributed by atoms with E-state index in [1.54, 1.807) is 7.05 Å². The van der Waals surface area contributed by atoms with E-state index in [0.29, 0.717) is 0 Å². The molecule has 0 spiro atoms. The van der Waals surface area contributed by atoms with Gasteiger partial charge in [0.25, 0.3) is 0 Å². The molecule has 8 nitrogen and oxygen atoms in total. The molecule has 0 aromatic carbocycles. The Morgan fingerprint density at radius 1 is 1.21 bits per heavy atom. The molecule has 2 atom stereocenters. The topological polar surface area (TPSA) is 122 Å². The molecule has 0 bridgehead atoms. The van der Waals surface area contributed by atoms with Crippen LogP contribution in [0.1, 0.15) is 48.5 Å². The Hall–Kier alpha value is -1.93. The minimum atomic E-state index is -1.23. The van der Waals surface area contributed by atoms with Crippen LogP contribution >= 0.6 is 0 Å². The van der Waals surface area contributed by atoms with E-state index in [2.05, 4.69) is 26.1 Å². The lowest BCUT2D eigenvalue weighted by atomic mass is 10.00. The van der Waals surface area contributed by atoms with E-state index in [4.69, 9.17) is 15.6 Å². The van der Waals surface area contributed by atoms with Gasteiger partial charge in [-0.25, -0.2) is 4.79 Å². The van der Waals surface area contributed by atoms with Crippen molar-refractivity contribution < 1.29 is 24.2 Å². The van der Waals surface area contributed by atoms with Gasteiger partial charge in [-0.05, 0) is 25.7 Å². The number of nitrogens with zero attached hydrogens (tertiary/aromatic N) is 1. The molecule has 2 amide bonds. The Labute approximate surface area is 169 Å². The van der Waals surface area contributed by atoms with Crippen LogP contribution in [0.25, 0.3) is 0 Å². The second-order valence-corrected chi connectivity index (χ2v) is 8.16. The van der Waals surface area contributed by atoms with Gasteiger partial charge in [-0.3, -0.25) is 9.59 Å². The third-order valence-electron chi connectivity index (χ3n) is 3.64. The fourth-order valence-electron chi connectivity index (χ4n) is 2.09. The molecule has 0 aliphatic rings. The molecule has 164 valence electrons. The lowest BCUT2D eigenvalue weighted by molar-refractivity contribution is -0.135. The summed E-state index contributed by atoms with van der Waals surface area (Å²) in [6.45, 7) is 13.0. The SMILES string of the molecule is CC(C)C.COCC(C)(N)C(=O)NCC(=O)N(C)[C@H](/C=C(\C)C(=O)O)C(C)C. The second kappa shape index (κ2) is 13.3. The van der Waals surface area contributed by atoms with Crippen molar-refractivity contribution in [3.63, 3.8) is 0 Å². The maximum atomic E-state index is 12.3. The molecule has 0 rings (SSSR count). The summed E-state index contributed by atoms with van der Waals surface area (Å²) in [6, 6.07) is -0.395. The normalized spacial score (nSPS) is 14.6. The van der Waals surface area contributed by atoms with Crippen molar-refractivity contribution >= 4 is 17.8 Å². The molecule has 0 heterocycles. The molecule has 0 aromatic heterocycles. The summed E-state index contributed by atoms with van der Waals surface area (Å²) in [4.78, 5) is 36.7. The molecule has 0 aliphatic carbocycles. The summed E-state index contributed by atoms with van der Waals surface area (Å²) in [5.41, 5.74) is 4.73. The highest BCUT2D eigenvalue weighted by atomic mass is 16.5. The van der Waals surface area contributed by atoms with E-state index in [1.807, 2.05) is 13.8 Å². The zero-order valence-electron chi connectivity index (χ0n) is 18.8. The van der Waals surface area contributed by atoms with Crippen molar-refractivity contribution in [3.05, 3.63) is 11.6 Å². The van der Waals surface area contributed by atoms with Gasteiger partial charge in [-0.1, -0.05) is 40.7 Å². The van der Waals surface area contributed by atoms with Crippen molar-refractivity contribution in [2.45, 2.75) is 60.0 Å². The number of aliphatic carboxylic acids is 1. The molecule has 0 aromatic rings. The summed E-state index contributed by atoms with van der Waals surface area (Å²) in [5.74, 6) is -1.03. The van der Waals surface area contributed by atoms with Crippen LogP contribution in [0.3, 0.4) is 0 Å². The van der Waals surface area contributed by atoms with Crippen LogP contribution in [0.15, 0.2) is 11.6 Å². The number of carbonyl (C=O) groups is 3. The number of hydrogen-bond acceptors (Lipinski definition) is 5. The highest BCUT2D eigenvalue weighted by Gasteiger charge is 2.29. The third kappa shape index (κ3) is 11.7. The molecule has 4 N–H and O–H groups in total. The number of rotatable bonds is 9. The summed E-state index contributed by atoms with van der Waals surface area (Å²) >= 11 is 0. The lowest BCUT2D eigenvalue weighted by Gasteiger charge is -2.30. The molecule has 0 saturated carbocycles. The molecule has 28 heavy (non-hydrogen) atoms.